The zero-order valence-electron chi connectivity index (χ0n) is 18.5. The molecule has 33 heavy (non-hydrogen) atoms. The topological polar surface area (TPSA) is 89.4 Å². The highest BCUT2D eigenvalue weighted by molar-refractivity contribution is 7.00. The summed E-state index contributed by atoms with van der Waals surface area (Å²) in [6.07, 6.45) is 0.102. The lowest BCUT2D eigenvalue weighted by molar-refractivity contribution is -0.130. The van der Waals surface area contributed by atoms with Gasteiger partial charge in [0.15, 0.2) is 5.78 Å². The SMILES string of the molecule is COc1ccccc1C/C(C(=O)c1ccc(C)c(C)c1)=C(\C(=O)O)c1ccc2nsnc2c1. The van der Waals surface area contributed by atoms with Gasteiger partial charge in [-0.05, 0) is 60.4 Å². The first-order chi connectivity index (χ1) is 15.9. The normalized spacial score (nSPS) is 11.8. The van der Waals surface area contributed by atoms with E-state index in [2.05, 4.69) is 8.75 Å². The fraction of sp³-hybridized carbons (Fsp3) is 0.154. The van der Waals surface area contributed by atoms with Crippen LogP contribution in [0.1, 0.15) is 32.6 Å². The first kappa shape index (κ1) is 22.4. The number of carboxylic acid groups (broad SMARTS) is 1. The van der Waals surface area contributed by atoms with Gasteiger partial charge in [0.2, 0.25) is 0 Å². The molecular weight excluding hydrogens is 436 g/mol. The molecule has 0 amide bonds. The van der Waals surface area contributed by atoms with Crippen LogP contribution in [0, 0.1) is 13.8 Å². The highest BCUT2D eigenvalue weighted by atomic mass is 32.1. The maximum Gasteiger partial charge on any atom is 0.336 e. The van der Waals surface area contributed by atoms with Crippen molar-refractivity contribution < 1.29 is 19.4 Å². The summed E-state index contributed by atoms with van der Waals surface area (Å²) in [5, 5.41) is 10.2. The standard InChI is InChI=1S/C26H22N2O4S/c1-15-8-9-19(12-16(15)2)25(29)20(13-17-6-4-5-7-23(17)32-3)24(26(30)31)18-10-11-21-22(14-18)28-33-27-21/h4-12,14H,13H2,1-3H3,(H,30,31)/b24-20+. The van der Waals surface area contributed by atoms with Gasteiger partial charge < -0.3 is 9.84 Å². The monoisotopic (exact) mass is 458 g/mol. The molecule has 0 fully saturated rings. The number of aromatic nitrogens is 2. The van der Waals surface area contributed by atoms with Gasteiger partial charge in [0, 0.05) is 17.6 Å². The number of para-hydroxylation sites is 1. The molecule has 1 N–H and O–H groups in total. The number of hydrogen-bond acceptors (Lipinski definition) is 6. The number of fused-ring (bicyclic) bond motifs is 1. The number of methoxy groups -OCH3 is 1. The van der Waals surface area contributed by atoms with Gasteiger partial charge in [0.1, 0.15) is 16.8 Å². The van der Waals surface area contributed by atoms with Crippen LogP contribution in [-0.2, 0) is 11.2 Å². The van der Waals surface area contributed by atoms with E-state index in [1.165, 1.54) is 0 Å². The number of carboxylic acids is 1. The van der Waals surface area contributed by atoms with Crippen LogP contribution >= 0.6 is 11.7 Å². The number of ether oxygens (including phenoxy) is 1. The summed E-state index contributed by atoms with van der Waals surface area (Å²) < 4.78 is 13.9. The third-order valence-corrected chi connectivity index (χ3v) is 6.22. The van der Waals surface area contributed by atoms with Crippen molar-refractivity contribution in [3.63, 3.8) is 0 Å². The third-order valence-electron chi connectivity index (χ3n) is 5.66. The second kappa shape index (κ2) is 9.34. The summed E-state index contributed by atoms with van der Waals surface area (Å²) in [7, 11) is 1.55. The van der Waals surface area contributed by atoms with Crippen LogP contribution in [0.25, 0.3) is 16.6 Å². The van der Waals surface area contributed by atoms with Crippen LogP contribution < -0.4 is 4.74 Å². The first-order valence-corrected chi connectivity index (χ1v) is 11.0. The Morgan fingerprint density at radius 3 is 2.36 bits per heavy atom. The van der Waals surface area contributed by atoms with Crippen molar-refractivity contribution in [1.82, 2.24) is 8.75 Å². The number of rotatable bonds is 7. The Hall–Kier alpha value is -3.84. The average molecular weight is 459 g/mol. The summed E-state index contributed by atoms with van der Waals surface area (Å²) in [6.45, 7) is 3.89. The molecule has 1 aromatic heterocycles. The van der Waals surface area contributed by atoms with Crippen LogP contribution in [0.5, 0.6) is 5.75 Å². The number of hydrogen-bond donors (Lipinski definition) is 1. The summed E-state index contributed by atoms with van der Waals surface area (Å²) >= 11 is 1.06. The van der Waals surface area contributed by atoms with E-state index in [4.69, 9.17) is 4.74 Å². The molecule has 1 heterocycles. The Morgan fingerprint density at radius 2 is 1.64 bits per heavy atom. The molecule has 3 aromatic carbocycles. The highest BCUT2D eigenvalue weighted by Gasteiger charge is 2.25. The lowest BCUT2D eigenvalue weighted by Gasteiger charge is -2.15. The fourth-order valence-electron chi connectivity index (χ4n) is 3.74. The molecule has 0 spiro atoms. The van der Waals surface area contributed by atoms with E-state index in [0.717, 1.165) is 28.4 Å². The molecule has 0 saturated heterocycles. The van der Waals surface area contributed by atoms with E-state index in [1.54, 1.807) is 43.5 Å². The lowest BCUT2D eigenvalue weighted by atomic mass is 9.88. The molecule has 0 aliphatic heterocycles. The Bertz CT molecular complexity index is 1400. The number of ketones is 1. The number of carbonyl (C=O) groups is 2. The number of allylic oxidation sites excluding steroid dienone is 1. The molecule has 0 saturated carbocycles. The van der Waals surface area contributed by atoms with E-state index in [9.17, 15) is 14.7 Å². The summed E-state index contributed by atoms with van der Waals surface area (Å²) in [5.74, 6) is -0.927. The molecule has 4 rings (SSSR count). The first-order valence-electron chi connectivity index (χ1n) is 10.3. The van der Waals surface area contributed by atoms with Crippen molar-refractivity contribution in [2.45, 2.75) is 20.3 Å². The zero-order chi connectivity index (χ0) is 23.5. The van der Waals surface area contributed by atoms with Gasteiger partial charge in [-0.1, -0.05) is 36.4 Å². The molecule has 0 aliphatic carbocycles. The maximum atomic E-state index is 13.8. The number of aliphatic carboxylic acids is 1. The molecule has 166 valence electrons. The average Bonchev–Trinajstić information content (AvgIpc) is 3.28. The third kappa shape index (κ3) is 4.54. The van der Waals surface area contributed by atoms with Crippen molar-refractivity contribution in [3.8, 4) is 5.75 Å². The van der Waals surface area contributed by atoms with Gasteiger partial charge in [-0.15, -0.1) is 0 Å². The second-order valence-corrected chi connectivity index (χ2v) is 8.27. The molecule has 0 bridgehead atoms. The Balaban J connectivity index is 1.95. The van der Waals surface area contributed by atoms with Crippen LogP contribution in [-0.4, -0.2) is 32.7 Å². The number of aryl methyl sites for hydroxylation is 2. The highest BCUT2D eigenvalue weighted by Crippen LogP contribution is 2.30. The van der Waals surface area contributed by atoms with Gasteiger partial charge in [0.05, 0.1) is 24.4 Å². The van der Waals surface area contributed by atoms with Crippen LogP contribution in [0.3, 0.4) is 0 Å². The number of Topliss-reactive ketones (excluding diaryl/α,β-unsaturated/α-hetero) is 1. The van der Waals surface area contributed by atoms with Crippen molar-refractivity contribution in [3.05, 3.63) is 94.1 Å². The van der Waals surface area contributed by atoms with E-state index in [-0.39, 0.29) is 23.4 Å². The van der Waals surface area contributed by atoms with Crippen molar-refractivity contribution in [1.29, 1.82) is 0 Å². The van der Waals surface area contributed by atoms with Crippen molar-refractivity contribution >= 4 is 40.1 Å². The second-order valence-electron chi connectivity index (χ2n) is 7.74. The number of benzene rings is 3. The van der Waals surface area contributed by atoms with Crippen LogP contribution in [0.4, 0.5) is 0 Å². The van der Waals surface area contributed by atoms with E-state index in [0.29, 0.717) is 27.9 Å². The van der Waals surface area contributed by atoms with Gasteiger partial charge in [-0.25, -0.2) is 4.79 Å². The molecule has 7 heteroatoms. The predicted molar refractivity (Wildman–Crippen MR) is 129 cm³/mol. The lowest BCUT2D eigenvalue weighted by Crippen LogP contribution is -2.14. The minimum Gasteiger partial charge on any atom is -0.496 e. The van der Waals surface area contributed by atoms with Gasteiger partial charge in [-0.3, -0.25) is 4.79 Å². The largest absolute Gasteiger partial charge is 0.496 e. The molecule has 0 aliphatic rings. The Kier molecular flexibility index (Phi) is 6.33. The molecule has 6 nitrogen and oxygen atoms in total. The summed E-state index contributed by atoms with van der Waals surface area (Å²) in [5.41, 5.74) is 4.99. The Morgan fingerprint density at radius 1 is 0.909 bits per heavy atom. The molecule has 0 atom stereocenters. The fourth-order valence-corrected chi connectivity index (χ4v) is 4.26. The minimum atomic E-state index is -1.18. The van der Waals surface area contributed by atoms with E-state index < -0.39 is 5.97 Å². The molecule has 0 radical (unpaired) electrons. The van der Waals surface area contributed by atoms with Crippen LogP contribution in [0.15, 0.2) is 66.2 Å². The van der Waals surface area contributed by atoms with E-state index in [1.807, 2.05) is 38.1 Å². The Labute approximate surface area is 195 Å². The van der Waals surface area contributed by atoms with Gasteiger partial charge in [0.25, 0.3) is 0 Å². The van der Waals surface area contributed by atoms with Crippen molar-refractivity contribution in [2.24, 2.45) is 0 Å². The predicted octanol–water partition coefficient (Wildman–Crippen LogP) is 5.28. The number of nitrogens with zero attached hydrogens (tertiary/aromatic N) is 2. The maximum absolute atomic E-state index is 13.8. The summed E-state index contributed by atoms with van der Waals surface area (Å²) in [4.78, 5) is 26.3. The van der Waals surface area contributed by atoms with Gasteiger partial charge in [-0.2, -0.15) is 8.75 Å². The summed E-state index contributed by atoms with van der Waals surface area (Å²) in [6, 6.07) is 17.8. The van der Waals surface area contributed by atoms with Crippen LogP contribution in [0.2, 0.25) is 0 Å². The minimum absolute atomic E-state index is 0.0564. The van der Waals surface area contributed by atoms with Gasteiger partial charge >= 0.3 is 5.97 Å². The molecule has 0 unspecified atom stereocenters. The van der Waals surface area contributed by atoms with Crippen molar-refractivity contribution in [2.75, 3.05) is 7.11 Å². The molecule has 4 aromatic rings. The number of carbonyl (C=O) groups excluding carboxylic acids is 1. The van der Waals surface area contributed by atoms with E-state index >= 15 is 0 Å². The molecular formula is C26H22N2O4S. The smallest absolute Gasteiger partial charge is 0.336 e. The quantitative estimate of drug-likeness (QED) is 0.299. The zero-order valence-corrected chi connectivity index (χ0v) is 19.3.